The molecule has 1 amide bonds. The summed E-state index contributed by atoms with van der Waals surface area (Å²) in [6.07, 6.45) is 1.44. The molecule has 0 bridgehead atoms. The second-order valence-electron chi connectivity index (χ2n) is 6.21. The average Bonchev–Trinajstić information content (AvgIpc) is 2.89. The Morgan fingerprint density at radius 3 is 2.77 bits per heavy atom. The van der Waals surface area contributed by atoms with Crippen molar-refractivity contribution in [2.45, 2.75) is 45.6 Å². The van der Waals surface area contributed by atoms with Crippen molar-refractivity contribution in [2.75, 3.05) is 18.4 Å². The molecule has 1 atom stereocenters. The molecule has 1 aliphatic heterocycles. The van der Waals surface area contributed by atoms with Crippen molar-refractivity contribution in [1.29, 1.82) is 0 Å². The third kappa shape index (κ3) is 3.65. The Bertz CT molecular complexity index is 569. The first-order valence-corrected chi connectivity index (χ1v) is 7.76. The molecule has 120 valence electrons. The van der Waals surface area contributed by atoms with Gasteiger partial charge in [-0.15, -0.1) is 0 Å². The number of aryl methyl sites for hydroxylation is 1. The number of nitrogens with zero attached hydrogens (tertiary/aromatic N) is 1. The summed E-state index contributed by atoms with van der Waals surface area (Å²) in [7, 11) is 0. The first-order valence-electron chi connectivity index (χ1n) is 7.76. The number of carboxylic acid groups (broad SMARTS) is 1. The van der Waals surface area contributed by atoms with E-state index in [1.165, 1.54) is 0 Å². The minimum atomic E-state index is -0.843. The summed E-state index contributed by atoms with van der Waals surface area (Å²) in [5.41, 5.74) is 2.98. The lowest BCUT2D eigenvalue weighted by atomic mass is 9.98. The fraction of sp³-hybridized carbons (Fsp3) is 0.529. The smallest absolute Gasteiger partial charge is 0.320 e. The summed E-state index contributed by atoms with van der Waals surface area (Å²) in [5.74, 6) is -0.679. The highest BCUT2D eigenvalue weighted by Gasteiger charge is 2.31. The topological polar surface area (TPSA) is 69.6 Å². The molecule has 0 spiro atoms. The zero-order valence-corrected chi connectivity index (χ0v) is 13.4. The quantitative estimate of drug-likeness (QED) is 0.877. The van der Waals surface area contributed by atoms with Crippen LogP contribution in [0.5, 0.6) is 0 Å². The van der Waals surface area contributed by atoms with Crippen LogP contribution in [-0.4, -0.2) is 41.0 Å². The molecule has 1 fully saturated rings. The summed E-state index contributed by atoms with van der Waals surface area (Å²) in [6.45, 7) is 6.94. The van der Waals surface area contributed by atoms with Gasteiger partial charge in [-0.2, -0.15) is 0 Å². The number of likely N-dealkylation sites (tertiary alicyclic amines) is 1. The molecule has 2 N–H and O–H groups in total. The highest BCUT2D eigenvalue weighted by atomic mass is 16.4. The van der Waals surface area contributed by atoms with Gasteiger partial charge in [-0.1, -0.05) is 32.0 Å². The van der Waals surface area contributed by atoms with Crippen LogP contribution in [0.15, 0.2) is 18.2 Å². The van der Waals surface area contributed by atoms with E-state index in [4.69, 9.17) is 0 Å². The van der Waals surface area contributed by atoms with Crippen molar-refractivity contribution in [3.05, 3.63) is 29.3 Å². The van der Waals surface area contributed by atoms with Gasteiger partial charge in [0, 0.05) is 5.69 Å². The summed E-state index contributed by atoms with van der Waals surface area (Å²) in [5, 5.41) is 12.1. The van der Waals surface area contributed by atoms with E-state index in [1.54, 1.807) is 4.90 Å². The number of aliphatic carboxylic acids is 1. The zero-order chi connectivity index (χ0) is 16.3. The van der Waals surface area contributed by atoms with Gasteiger partial charge < -0.3 is 10.4 Å². The monoisotopic (exact) mass is 304 g/mol. The van der Waals surface area contributed by atoms with Gasteiger partial charge in [0.05, 0.1) is 6.54 Å². The molecule has 1 aromatic carbocycles. The number of hydrogen-bond acceptors (Lipinski definition) is 3. The van der Waals surface area contributed by atoms with Crippen molar-refractivity contribution in [3.8, 4) is 0 Å². The number of para-hydroxylation sites is 1. The van der Waals surface area contributed by atoms with Gasteiger partial charge in [0.1, 0.15) is 6.04 Å². The van der Waals surface area contributed by atoms with Crippen LogP contribution in [0.1, 0.15) is 43.7 Å². The maximum Gasteiger partial charge on any atom is 0.320 e. The SMILES string of the molecule is Cc1cccc(C(C)C)c1NC(=O)CN1CCCC1C(=O)O. The number of carboxylic acids is 1. The molecule has 2 rings (SSSR count). The summed E-state index contributed by atoms with van der Waals surface area (Å²) < 4.78 is 0. The number of benzene rings is 1. The molecular weight excluding hydrogens is 280 g/mol. The fourth-order valence-electron chi connectivity index (χ4n) is 3.00. The summed E-state index contributed by atoms with van der Waals surface area (Å²) in [4.78, 5) is 25.2. The van der Waals surface area contributed by atoms with Crippen molar-refractivity contribution >= 4 is 17.6 Å². The van der Waals surface area contributed by atoms with E-state index in [0.29, 0.717) is 18.9 Å². The normalized spacial score (nSPS) is 18.6. The molecule has 5 nitrogen and oxygen atoms in total. The molecule has 0 radical (unpaired) electrons. The van der Waals surface area contributed by atoms with Gasteiger partial charge in [0.25, 0.3) is 0 Å². The zero-order valence-electron chi connectivity index (χ0n) is 13.4. The van der Waals surface area contributed by atoms with Crippen LogP contribution in [0.25, 0.3) is 0 Å². The van der Waals surface area contributed by atoms with E-state index in [2.05, 4.69) is 19.2 Å². The van der Waals surface area contributed by atoms with Crippen LogP contribution in [0, 0.1) is 6.92 Å². The van der Waals surface area contributed by atoms with Gasteiger partial charge >= 0.3 is 5.97 Å². The fourth-order valence-corrected chi connectivity index (χ4v) is 3.00. The standard InChI is InChI=1S/C17H24N2O3/c1-11(2)13-7-4-6-12(3)16(13)18-15(20)10-19-9-5-8-14(19)17(21)22/h4,6-7,11,14H,5,8-10H2,1-3H3,(H,18,20)(H,21,22). The highest BCUT2D eigenvalue weighted by Crippen LogP contribution is 2.27. The Morgan fingerprint density at radius 1 is 1.41 bits per heavy atom. The first kappa shape index (κ1) is 16.5. The maximum absolute atomic E-state index is 12.3. The molecule has 0 aliphatic carbocycles. The second-order valence-corrected chi connectivity index (χ2v) is 6.21. The molecule has 1 heterocycles. The van der Waals surface area contributed by atoms with Gasteiger partial charge in [0.2, 0.25) is 5.91 Å². The van der Waals surface area contributed by atoms with Crippen LogP contribution in [0.4, 0.5) is 5.69 Å². The Kier molecular flexibility index (Phi) is 5.19. The van der Waals surface area contributed by atoms with Crippen molar-refractivity contribution < 1.29 is 14.7 Å². The van der Waals surface area contributed by atoms with Crippen molar-refractivity contribution in [3.63, 3.8) is 0 Å². The van der Waals surface area contributed by atoms with Crippen LogP contribution in [0.3, 0.4) is 0 Å². The van der Waals surface area contributed by atoms with Crippen LogP contribution < -0.4 is 5.32 Å². The molecule has 0 saturated carbocycles. The largest absolute Gasteiger partial charge is 0.480 e. The minimum Gasteiger partial charge on any atom is -0.480 e. The van der Waals surface area contributed by atoms with Crippen LogP contribution in [-0.2, 0) is 9.59 Å². The van der Waals surface area contributed by atoms with E-state index in [-0.39, 0.29) is 12.5 Å². The number of hydrogen-bond donors (Lipinski definition) is 2. The molecule has 22 heavy (non-hydrogen) atoms. The number of carbonyl (C=O) groups excluding carboxylic acids is 1. The van der Waals surface area contributed by atoms with Gasteiger partial charge in [-0.05, 0) is 43.4 Å². The van der Waals surface area contributed by atoms with Gasteiger partial charge in [-0.3, -0.25) is 14.5 Å². The lowest BCUT2D eigenvalue weighted by Crippen LogP contribution is -2.41. The average molecular weight is 304 g/mol. The Hall–Kier alpha value is -1.88. The lowest BCUT2D eigenvalue weighted by Gasteiger charge is -2.22. The molecule has 1 unspecified atom stereocenters. The van der Waals surface area contributed by atoms with Crippen LogP contribution in [0.2, 0.25) is 0 Å². The number of anilines is 1. The predicted molar refractivity (Wildman–Crippen MR) is 86.1 cm³/mol. The molecule has 1 aromatic rings. The number of amides is 1. The molecule has 1 aliphatic rings. The predicted octanol–water partition coefficient (Wildman–Crippen LogP) is 2.61. The van der Waals surface area contributed by atoms with Gasteiger partial charge in [0.15, 0.2) is 0 Å². The maximum atomic E-state index is 12.3. The van der Waals surface area contributed by atoms with Gasteiger partial charge in [-0.25, -0.2) is 0 Å². The number of carbonyl (C=O) groups is 2. The van der Waals surface area contributed by atoms with Crippen molar-refractivity contribution in [2.24, 2.45) is 0 Å². The Balaban J connectivity index is 2.08. The third-order valence-corrected chi connectivity index (χ3v) is 4.19. The lowest BCUT2D eigenvalue weighted by molar-refractivity contribution is -0.142. The molecule has 1 saturated heterocycles. The summed E-state index contributed by atoms with van der Waals surface area (Å²) >= 11 is 0. The van der Waals surface area contributed by atoms with E-state index in [0.717, 1.165) is 23.2 Å². The van der Waals surface area contributed by atoms with E-state index >= 15 is 0 Å². The van der Waals surface area contributed by atoms with E-state index in [9.17, 15) is 14.7 Å². The number of nitrogens with one attached hydrogen (secondary N) is 1. The first-order chi connectivity index (χ1) is 10.4. The van der Waals surface area contributed by atoms with Crippen molar-refractivity contribution in [1.82, 2.24) is 4.90 Å². The minimum absolute atomic E-state index is 0.128. The summed E-state index contributed by atoms with van der Waals surface area (Å²) in [6, 6.07) is 5.44. The van der Waals surface area contributed by atoms with E-state index in [1.807, 2.05) is 25.1 Å². The Morgan fingerprint density at radius 2 is 2.14 bits per heavy atom. The highest BCUT2D eigenvalue weighted by molar-refractivity contribution is 5.94. The number of rotatable bonds is 5. The molecular formula is C17H24N2O3. The van der Waals surface area contributed by atoms with Crippen LogP contribution >= 0.6 is 0 Å². The molecule has 0 aromatic heterocycles. The molecule has 5 heteroatoms. The van der Waals surface area contributed by atoms with E-state index < -0.39 is 12.0 Å². The third-order valence-electron chi connectivity index (χ3n) is 4.19. The second kappa shape index (κ2) is 6.92. The Labute approximate surface area is 131 Å².